The van der Waals surface area contributed by atoms with Crippen LogP contribution in [0, 0.1) is 5.82 Å². The highest BCUT2D eigenvalue weighted by Gasteiger charge is 2.30. The quantitative estimate of drug-likeness (QED) is 0.875. The van der Waals surface area contributed by atoms with E-state index in [0.29, 0.717) is 23.1 Å². The predicted octanol–water partition coefficient (Wildman–Crippen LogP) is 1.62. The smallest absolute Gasteiger partial charge is 0.317 e. The minimum atomic E-state index is -0.355. The summed E-state index contributed by atoms with van der Waals surface area (Å²) in [6.07, 6.45) is 0. The summed E-state index contributed by atoms with van der Waals surface area (Å²) in [6, 6.07) is 4.54. The van der Waals surface area contributed by atoms with Crippen molar-refractivity contribution in [1.82, 2.24) is 15.5 Å². The Kier molecular flexibility index (Phi) is 4.59. The van der Waals surface area contributed by atoms with E-state index < -0.39 is 0 Å². The molecule has 1 saturated heterocycles. The molecule has 3 amide bonds. The van der Waals surface area contributed by atoms with Gasteiger partial charge in [0.1, 0.15) is 5.82 Å². The number of amides is 3. The molecule has 20 heavy (non-hydrogen) atoms. The molecule has 0 saturated carbocycles. The van der Waals surface area contributed by atoms with Crippen molar-refractivity contribution in [3.8, 4) is 0 Å². The predicted molar refractivity (Wildman–Crippen MR) is 75.5 cm³/mol. The molecule has 108 valence electrons. The molecule has 1 aliphatic heterocycles. The van der Waals surface area contributed by atoms with Crippen LogP contribution < -0.4 is 10.6 Å². The maximum atomic E-state index is 13.3. The van der Waals surface area contributed by atoms with Crippen LogP contribution >= 0.6 is 15.9 Å². The standard InChI is InChI=1S/C13H15BrFN3O2/c1-8(19)17-10-6-18(7-10)13(20)16-5-9-2-3-11(14)12(15)4-9/h2-4,10H,5-7H2,1H3,(H,16,20)(H,17,19). The lowest BCUT2D eigenvalue weighted by Crippen LogP contribution is -2.62. The first-order valence-corrected chi connectivity index (χ1v) is 6.99. The van der Waals surface area contributed by atoms with E-state index in [1.807, 2.05) is 0 Å². The van der Waals surface area contributed by atoms with Crippen molar-refractivity contribution in [3.05, 3.63) is 34.1 Å². The maximum Gasteiger partial charge on any atom is 0.317 e. The highest BCUT2D eigenvalue weighted by atomic mass is 79.9. The number of hydrogen-bond acceptors (Lipinski definition) is 2. The number of nitrogens with zero attached hydrogens (tertiary/aromatic N) is 1. The molecular weight excluding hydrogens is 329 g/mol. The van der Waals surface area contributed by atoms with Gasteiger partial charge in [-0.1, -0.05) is 6.07 Å². The van der Waals surface area contributed by atoms with Crippen molar-refractivity contribution < 1.29 is 14.0 Å². The Morgan fingerprint density at radius 3 is 2.75 bits per heavy atom. The Balaban J connectivity index is 1.76. The van der Waals surface area contributed by atoms with Gasteiger partial charge < -0.3 is 15.5 Å². The molecule has 1 aliphatic rings. The second-order valence-corrected chi connectivity index (χ2v) is 5.56. The summed E-state index contributed by atoms with van der Waals surface area (Å²) in [6.45, 7) is 2.72. The topological polar surface area (TPSA) is 61.4 Å². The molecule has 1 heterocycles. The SMILES string of the molecule is CC(=O)NC1CN(C(=O)NCc2ccc(Br)c(F)c2)C1. The average Bonchev–Trinajstić information content (AvgIpc) is 2.34. The Morgan fingerprint density at radius 1 is 1.45 bits per heavy atom. The average molecular weight is 344 g/mol. The molecule has 2 N–H and O–H groups in total. The molecule has 0 aromatic heterocycles. The van der Waals surface area contributed by atoms with E-state index >= 15 is 0 Å². The molecular formula is C13H15BrFN3O2. The molecule has 0 aliphatic carbocycles. The van der Waals surface area contributed by atoms with Crippen molar-refractivity contribution in [3.63, 3.8) is 0 Å². The van der Waals surface area contributed by atoms with E-state index in [2.05, 4.69) is 26.6 Å². The van der Waals surface area contributed by atoms with Crippen molar-refractivity contribution in [1.29, 1.82) is 0 Å². The third-order valence-corrected chi connectivity index (χ3v) is 3.65. The number of nitrogens with one attached hydrogen (secondary N) is 2. The zero-order valence-corrected chi connectivity index (χ0v) is 12.5. The largest absolute Gasteiger partial charge is 0.350 e. The van der Waals surface area contributed by atoms with E-state index in [1.165, 1.54) is 13.0 Å². The van der Waals surface area contributed by atoms with Crippen molar-refractivity contribution in [2.24, 2.45) is 0 Å². The van der Waals surface area contributed by atoms with Gasteiger partial charge in [0.15, 0.2) is 0 Å². The number of urea groups is 1. The van der Waals surface area contributed by atoms with Gasteiger partial charge >= 0.3 is 6.03 Å². The summed E-state index contributed by atoms with van der Waals surface area (Å²) in [4.78, 5) is 24.2. The molecule has 1 fully saturated rings. The Morgan fingerprint density at radius 2 is 2.15 bits per heavy atom. The molecule has 7 heteroatoms. The summed E-state index contributed by atoms with van der Waals surface area (Å²) in [5, 5.41) is 5.45. The molecule has 2 rings (SSSR count). The summed E-state index contributed by atoms with van der Waals surface area (Å²) < 4.78 is 13.7. The first-order valence-electron chi connectivity index (χ1n) is 6.19. The van der Waals surface area contributed by atoms with Crippen LogP contribution in [0.5, 0.6) is 0 Å². The number of benzene rings is 1. The molecule has 1 aromatic carbocycles. The van der Waals surface area contributed by atoms with Crippen LogP contribution in [0.1, 0.15) is 12.5 Å². The number of rotatable bonds is 3. The van der Waals surface area contributed by atoms with Gasteiger partial charge in [-0.2, -0.15) is 0 Å². The van der Waals surface area contributed by atoms with E-state index in [1.54, 1.807) is 17.0 Å². The lowest BCUT2D eigenvalue weighted by Gasteiger charge is -2.39. The Labute approximate surface area is 124 Å². The van der Waals surface area contributed by atoms with Crippen molar-refractivity contribution in [2.45, 2.75) is 19.5 Å². The van der Waals surface area contributed by atoms with Gasteiger partial charge in [-0.15, -0.1) is 0 Å². The van der Waals surface area contributed by atoms with E-state index in [0.717, 1.165) is 0 Å². The molecule has 0 bridgehead atoms. The summed E-state index contributed by atoms with van der Waals surface area (Å²) >= 11 is 3.07. The fourth-order valence-electron chi connectivity index (χ4n) is 1.96. The molecule has 0 radical (unpaired) electrons. The minimum Gasteiger partial charge on any atom is -0.350 e. The second kappa shape index (κ2) is 6.21. The Bertz CT molecular complexity index is 532. The minimum absolute atomic E-state index is 0.0309. The van der Waals surface area contributed by atoms with Gasteiger partial charge in [-0.25, -0.2) is 9.18 Å². The first kappa shape index (κ1) is 14.8. The van der Waals surface area contributed by atoms with Gasteiger partial charge in [0.2, 0.25) is 5.91 Å². The lowest BCUT2D eigenvalue weighted by atomic mass is 10.1. The number of hydrogen-bond donors (Lipinski definition) is 2. The van der Waals surface area contributed by atoms with E-state index in [-0.39, 0.29) is 30.3 Å². The number of carbonyl (C=O) groups is 2. The van der Waals surface area contributed by atoms with Crippen molar-refractivity contribution in [2.75, 3.05) is 13.1 Å². The van der Waals surface area contributed by atoms with Gasteiger partial charge in [0, 0.05) is 26.6 Å². The van der Waals surface area contributed by atoms with Crippen LogP contribution in [0.3, 0.4) is 0 Å². The zero-order chi connectivity index (χ0) is 14.7. The molecule has 0 atom stereocenters. The van der Waals surface area contributed by atoms with Crippen LogP contribution in [0.25, 0.3) is 0 Å². The summed E-state index contributed by atoms with van der Waals surface area (Å²) in [7, 11) is 0. The fourth-order valence-corrected chi connectivity index (χ4v) is 2.21. The summed E-state index contributed by atoms with van der Waals surface area (Å²) in [5.74, 6) is -0.452. The van der Waals surface area contributed by atoms with Crippen LogP contribution in [0.4, 0.5) is 9.18 Å². The van der Waals surface area contributed by atoms with Crippen LogP contribution in [0.15, 0.2) is 22.7 Å². The lowest BCUT2D eigenvalue weighted by molar-refractivity contribution is -0.120. The van der Waals surface area contributed by atoms with Gasteiger partial charge in [0.05, 0.1) is 10.5 Å². The van der Waals surface area contributed by atoms with Gasteiger partial charge in [0.25, 0.3) is 0 Å². The normalized spacial score (nSPS) is 14.7. The molecule has 0 unspecified atom stereocenters. The van der Waals surface area contributed by atoms with E-state index in [4.69, 9.17) is 0 Å². The molecule has 0 spiro atoms. The number of likely N-dealkylation sites (tertiary alicyclic amines) is 1. The molecule has 1 aromatic rings. The first-order chi connectivity index (χ1) is 9.45. The van der Waals surface area contributed by atoms with Crippen LogP contribution in [-0.4, -0.2) is 36.0 Å². The Hall–Kier alpha value is -1.63. The van der Waals surface area contributed by atoms with Crippen LogP contribution in [-0.2, 0) is 11.3 Å². The fraction of sp³-hybridized carbons (Fsp3) is 0.385. The highest BCUT2D eigenvalue weighted by molar-refractivity contribution is 9.10. The van der Waals surface area contributed by atoms with E-state index in [9.17, 15) is 14.0 Å². The second-order valence-electron chi connectivity index (χ2n) is 4.71. The van der Waals surface area contributed by atoms with Crippen molar-refractivity contribution >= 4 is 27.9 Å². The molecule has 5 nitrogen and oxygen atoms in total. The summed E-state index contributed by atoms with van der Waals surface area (Å²) in [5.41, 5.74) is 0.693. The third-order valence-electron chi connectivity index (χ3n) is 3.00. The van der Waals surface area contributed by atoms with Gasteiger partial charge in [-0.05, 0) is 33.6 Å². The maximum absolute atomic E-state index is 13.3. The zero-order valence-electron chi connectivity index (χ0n) is 11.0. The highest BCUT2D eigenvalue weighted by Crippen LogP contribution is 2.16. The van der Waals surface area contributed by atoms with Crippen LogP contribution in [0.2, 0.25) is 0 Å². The number of carbonyl (C=O) groups excluding carboxylic acids is 2. The third kappa shape index (κ3) is 3.69. The number of halogens is 2. The monoisotopic (exact) mass is 343 g/mol. The van der Waals surface area contributed by atoms with Gasteiger partial charge in [-0.3, -0.25) is 4.79 Å².